The van der Waals surface area contributed by atoms with Crippen LogP contribution in [0, 0.1) is 24.2 Å². The third-order valence-corrected chi connectivity index (χ3v) is 5.41. The van der Waals surface area contributed by atoms with Crippen molar-refractivity contribution in [2.45, 2.75) is 32.8 Å². The van der Waals surface area contributed by atoms with E-state index >= 15 is 0 Å². The van der Waals surface area contributed by atoms with Crippen molar-refractivity contribution in [1.82, 2.24) is 5.16 Å². The van der Waals surface area contributed by atoms with Crippen molar-refractivity contribution in [1.29, 1.82) is 0 Å². The molecule has 0 radical (unpaired) electrons. The molecule has 0 aliphatic heterocycles. The first-order chi connectivity index (χ1) is 16.4. The zero-order chi connectivity index (χ0) is 24.6. The van der Waals surface area contributed by atoms with Crippen LogP contribution < -0.4 is 40.0 Å². The number of carboxylic acid groups (broad SMARTS) is 1. The zero-order valence-electron chi connectivity index (χ0n) is 19.9. The number of nitrogens with one attached hydrogen (secondary N) is 1. The molecule has 1 heterocycles. The summed E-state index contributed by atoms with van der Waals surface area (Å²) in [5.74, 6) is 5.08. The molecular weight excluding hydrogens is 455 g/mol. The van der Waals surface area contributed by atoms with E-state index in [-0.39, 0.29) is 41.9 Å². The Balaban J connectivity index is 0.00000140. The molecule has 1 N–H and O–H groups in total. The van der Waals surface area contributed by atoms with Crippen molar-refractivity contribution in [3.63, 3.8) is 0 Å². The molecule has 0 bridgehead atoms. The SMILES string of the molecule is C=C.Cc1noc(C#Cc2ccc(CC3(C(=O)[O-])CC3)cc2)c1NC(=O)OCc1ccccc1.[Na+]. The predicted octanol–water partition coefficient (Wildman–Crippen LogP) is 1.01. The Hall–Kier alpha value is -3.31. The van der Waals surface area contributed by atoms with Crippen LogP contribution in [0.25, 0.3) is 0 Å². The van der Waals surface area contributed by atoms with Crippen LogP contribution in [0.3, 0.4) is 0 Å². The van der Waals surface area contributed by atoms with Gasteiger partial charge >= 0.3 is 35.7 Å². The van der Waals surface area contributed by atoms with E-state index in [4.69, 9.17) is 9.26 Å². The van der Waals surface area contributed by atoms with Crippen LogP contribution in [0.15, 0.2) is 72.3 Å². The number of aryl methyl sites for hydroxylation is 1. The molecule has 3 aromatic rings. The molecule has 1 aromatic heterocycles. The average Bonchev–Trinajstić information content (AvgIpc) is 3.57. The van der Waals surface area contributed by atoms with Crippen molar-refractivity contribution in [3.05, 3.63) is 95.9 Å². The summed E-state index contributed by atoms with van der Waals surface area (Å²) in [6, 6.07) is 16.7. The van der Waals surface area contributed by atoms with Crippen LogP contribution in [0.5, 0.6) is 0 Å². The fourth-order valence-corrected chi connectivity index (χ4v) is 3.29. The second kappa shape index (κ2) is 13.0. The van der Waals surface area contributed by atoms with E-state index in [1.807, 2.05) is 54.6 Å². The number of carboxylic acids is 1. The maximum absolute atomic E-state index is 12.2. The van der Waals surface area contributed by atoms with Crippen LogP contribution in [-0.4, -0.2) is 17.2 Å². The van der Waals surface area contributed by atoms with Gasteiger partial charge in [0.05, 0.1) is 0 Å². The van der Waals surface area contributed by atoms with Gasteiger partial charge in [-0.3, -0.25) is 5.32 Å². The maximum atomic E-state index is 12.2. The number of benzene rings is 2. The summed E-state index contributed by atoms with van der Waals surface area (Å²) in [5, 5.41) is 17.8. The number of rotatable bonds is 6. The summed E-state index contributed by atoms with van der Waals surface area (Å²) < 4.78 is 10.5. The summed E-state index contributed by atoms with van der Waals surface area (Å²) in [6.45, 7) is 7.84. The van der Waals surface area contributed by atoms with E-state index in [1.165, 1.54) is 0 Å². The number of carbonyl (C=O) groups is 2. The van der Waals surface area contributed by atoms with Crippen LogP contribution in [0.1, 0.15) is 41.0 Å². The Bertz CT molecular complexity index is 1210. The van der Waals surface area contributed by atoms with E-state index in [0.717, 1.165) is 16.7 Å². The second-order valence-electron chi connectivity index (χ2n) is 7.85. The summed E-state index contributed by atoms with van der Waals surface area (Å²) in [5.41, 5.74) is 2.66. The van der Waals surface area contributed by atoms with Crippen molar-refractivity contribution in [3.8, 4) is 11.8 Å². The van der Waals surface area contributed by atoms with Gasteiger partial charge < -0.3 is 19.2 Å². The molecule has 2 aromatic carbocycles. The van der Waals surface area contributed by atoms with E-state index in [2.05, 4.69) is 35.5 Å². The Kier molecular flexibility index (Phi) is 10.3. The molecule has 0 atom stereocenters. The summed E-state index contributed by atoms with van der Waals surface area (Å²) >= 11 is 0. The van der Waals surface area contributed by atoms with Gasteiger partial charge in [0.1, 0.15) is 18.0 Å². The molecule has 174 valence electrons. The van der Waals surface area contributed by atoms with Gasteiger partial charge in [-0.15, -0.1) is 13.2 Å². The van der Waals surface area contributed by atoms with Crippen molar-refractivity contribution in [2.24, 2.45) is 5.41 Å². The Morgan fingerprint density at radius 3 is 2.34 bits per heavy atom. The number of nitrogens with zero attached hydrogens (tertiary/aromatic N) is 1. The molecule has 1 saturated carbocycles. The number of hydrogen-bond donors (Lipinski definition) is 1. The first-order valence-electron chi connectivity index (χ1n) is 10.7. The first kappa shape index (κ1) is 27.9. The van der Waals surface area contributed by atoms with Gasteiger partial charge in [0.15, 0.2) is 0 Å². The van der Waals surface area contributed by atoms with Crippen molar-refractivity contribution in [2.75, 3.05) is 5.32 Å². The van der Waals surface area contributed by atoms with Gasteiger partial charge in [-0.05, 0) is 55.4 Å². The van der Waals surface area contributed by atoms with E-state index < -0.39 is 17.5 Å². The summed E-state index contributed by atoms with van der Waals surface area (Å²) in [7, 11) is 0. The molecule has 35 heavy (non-hydrogen) atoms. The molecule has 8 heteroatoms. The molecule has 0 saturated heterocycles. The van der Waals surface area contributed by atoms with Gasteiger partial charge in [-0.2, -0.15) is 0 Å². The quantitative estimate of drug-likeness (QED) is 0.321. The third-order valence-electron chi connectivity index (χ3n) is 5.41. The van der Waals surface area contributed by atoms with Crippen LogP contribution in [-0.2, 0) is 22.6 Å². The minimum Gasteiger partial charge on any atom is -0.550 e. The third kappa shape index (κ3) is 7.59. The minimum atomic E-state index is -0.982. The normalized spacial score (nSPS) is 12.5. The largest absolute Gasteiger partial charge is 1.00 e. The predicted molar refractivity (Wildman–Crippen MR) is 126 cm³/mol. The Morgan fingerprint density at radius 1 is 1.09 bits per heavy atom. The monoisotopic (exact) mass is 480 g/mol. The number of aliphatic carboxylic acids is 1. The van der Waals surface area contributed by atoms with Crippen LogP contribution >= 0.6 is 0 Å². The van der Waals surface area contributed by atoms with E-state index in [1.54, 1.807) is 6.92 Å². The smallest absolute Gasteiger partial charge is 0.550 e. The topological polar surface area (TPSA) is 104 Å². The molecule has 0 unspecified atom stereocenters. The second-order valence-corrected chi connectivity index (χ2v) is 7.85. The number of carbonyl (C=O) groups excluding carboxylic acids is 2. The fourth-order valence-electron chi connectivity index (χ4n) is 3.29. The van der Waals surface area contributed by atoms with Gasteiger partial charge in [0.25, 0.3) is 0 Å². The van der Waals surface area contributed by atoms with Crippen molar-refractivity contribution >= 4 is 17.7 Å². The average molecular weight is 480 g/mol. The fraction of sp³-hybridized carbons (Fsp3) is 0.222. The van der Waals surface area contributed by atoms with Gasteiger partial charge in [-0.25, -0.2) is 4.79 Å². The molecule has 1 aliphatic carbocycles. The van der Waals surface area contributed by atoms with Gasteiger partial charge in [0.2, 0.25) is 5.76 Å². The van der Waals surface area contributed by atoms with Gasteiger partial charge in [-0.1, -0.05) is 53.5 Å². The molecular formula is C27H25N2NaO5. The van der Waals surface area contributed by atoms with Crippen molar-refractivity contribution < 1.29 is 53.5 Å². The van der Waals surface area contributed by atoms with Crippen LogP contribution in [0.2, 0.25) is 0 Å². The standard InChI is InChI=1S/C25H22N2O5.C2H4.Na/c1-17-22(26-24(30)31-16-20-5-3-2-4-6-20)21(32-27-17)12-11-18-7-9-19(10-8-18)15-25(13-14-25)23(28)29;1-2;/h2-10H,13-16H2,1H3,(H,26,30)(H,28,29);1-2H2;/q;;+1/p-1. The maximum Gasteiger partial charge on any atom is 1.00 e. The number of aromatic nitrogens is 1. The summed E-state index contributed by atoms with van der Waals surface area (Å²) in [6.07, 6.45) is 1.15. The summed E-state index contributed by atoms with van der Waals surface area (Å²) in [4.78, 5) is 23.4. The number of ether oxygens (including phenoxy) is 1. The van der Waals surface area contributed by atoms with E-state index in [9.17, 15) is 14.7 Å². The zero-order valence-corrected chi connectivity index (χ0v) is 21.9. The number of anilines is 1. The Labute approximate surface area is 226 Å². The first-order valence-corrected chi connectivity index (χ1v) is 10.7. The number of hydrogen-bond acceptors (Lipinski definition) is 6. The van der Waals surface area contributed by atoms with E-state index in [0.29, 0.717) is 30.6 Å². The van der Waals surface area contributed by atoms with Crippen LogP contribution in [0.4, 0.5) is 10.5 Å². The molecule has 1 amide bonds. The Morgan fingerprint density at radius 2 is 1.74 bits per heavy atom. The number of amides is 1. The molecule has 1 fully saturated rings. The van der Waals surface area contributed by atoms with Gasteiger partial charge in [0, 0.05) is 16.9 Å². The molecule has 4 rings (SSSR count). The molecule has 1 aliphatic rings. The minimum absolute atomic E-state index is 0. The molecule has 7 nitrogen and oxygen atoms in total. The molecule has 0 spiro atoms.